The number of benzene rings is 1. The Hall–Kier alpha value is -1.81. The molecule has 1 fully saturated rings. The van der Waals surface area contributed by atoms with Crippen molar-refractivity contribution in [2.75, 3.05) is 22.9 Å². The van der Waals surface area contributed by atoms with Gasteiger partial charge in [0.2, 0.25) is 15.9 Å². The Labute approximate surface area is 176 Å². The number of sulfonamides is 1. The summed E-state index contributed by atoms with van der Waals surface area (Å²) in [7, 11) is -3.83. The number of non-ortho nitro benzene ring substituents is 1. The first-order valence-electron chi connectivity index (χ1n) is 9.75. The van der Waals surface area contributed by atoms with E-state index in [2.05, 4.69) is 5.32 Å². The van der Waals surface area contributed by atoms with Crippen molar-refractivity contribution in [3.8, 4) is 0 Å². The highest BCUT2D eigenvalue weighted by Crippen LogP contribution is 2.30. The molecule has 0 radical (unpaired) electrons. The van der Waals surface area contributed by atoms with E-state index in [9.17, 15) is 23.3 Å². The first kappa shape index (κ1) is 23.5. The molecule has 1 amide bonds. The summed E-state index contributed by atoms with van der Waals surface area (Å²) in [4.78, 5) is 23.1. The molecule has 0 bridgehead atoms. The Balaban J connectivity index is 2.07. The van der Waals surface area contributed by atoms with Crippen LogP contribution in [0.2, 0.25) is 0 Å². The third-order valence-corrected chi connectivity index (χ3v) is 7.65. The summed E-state index contributed by atoms with van der Waals surface area (Å²) in [6.45, 7) is 3.60. The third kappa shape index (κ3) is 6.60. The zero-order valence-corrected chi connectivity index (χ0v) is 18.7. The first-order chi connectivity index (χ1) is 13.6. The topological polar surface area (TPSA) is 110 Å². The van der Waals surface area contributed by atoms with Gasteiger partial charge < -0.3 is 5.32 Å². The van der Waals surface area contributed by atoms with Crippen LogP contribution in [0.15, 0.2) is 18.2 Å². The molecule has 8 nitrogen and oxygen atoms in total. The van der Waals surface area contributed by atoms with E-state index >= 15 is 0 Å². The molecule has 0 unspecified atom stereocenters. The molecule has 1 aromatic rings. The lowest BCUT2D eigenvalue weighted by molar-refractivity contribution is -0.384. The van der Waals surface area contributed by atoms with Gasteiger partial charge in [0.05, 0.1) is 16.9 Å². The van der Waals surface area contributed by atoms with Gasteiger partial charge in [-0.1, -0.05) is 25.3 Å². The fourth-order valence-corrected chi connectivity index (χ4v) is 5.95. The average molecular weight is 444 g/mol. The second-order valence-corrected chi connectivity index (χ2v) is 10.7. The van der Waals surface area contributed by atoms with Crippen molar-refractivity contribution in [3.63, 3.8) is 0 Å². The highest BCUT2D eigenvalue weighted by atomic mass is 32.2. The number of thioether (sulfide) groups is 1. The number of carbonyl (C=O) groups is 1. The van der Waals surface area contributed by atoms with Crippen LogP contribution in [0.5, 0.6) is 0 Å². The van der Waals surface area contributed by atoms with E-state index < -0.39 is 26.9 Å². The van der Waals surface area contributed by atoms with Gasteiger partial charge in [-0.05, 0) is 32.3 Å². The van der Waals surface area contributed by atoms with Crippen LogP contribution in [0, 0.1) is 17.0 Å². The molecule has 29 heavy (non-hydrogen) atoms. The lowest BCUT2D eigenvalue weighted by Crippen LogP contribution is -2.48. The Morgan fingerprint density at radius 3 is 2.59 bits per heavy atom. The fourth-order valence-electron chi connectivity index (χ4n) is 3.51. The van der Waals surface area contributed by atoms with E-state index in [1.165, 1.54) is 57.2 Å². The molecule has 1 aliphatic rings. The van der Waals surface area contributed by atoms with Crippen LogP contribution in [-0.2, 0) is 14.8 Å². The van der Waals surface area contributed by atoms with Crippen molar-refractivity contribution in [2.24, 2.45) is 0 Å². The van der Waals surface area contributed by atoms with Gasteiger partial charge in [-0.3, -0.25) is 19.2 Å². The number of hydrogen-bond donors (Lipinski definition) is 1. The van der Waals surface area contributed by atoms with Crippen molar-refractivity contribution in [3.05, 3.63) is 33.9 Å². The minimum absolute atomic E-state index is 0.140. The molecule has 0 aliphatic heterocycles. The van der Waals surface area contributed by atoms with Crippen LogP contribution < -0.4 is 9.62 Å². The fraction of sp³-hybridized carbons (Fsp3) is 0.632. The molecule has 0 spiro atoms. The maximum Gasteiger partial charge on any atom is 0.271 e. The average Bonchev–Trinajstić information content (AvgIpc) is 2.66. The molecular weight excluding hydrogens is 414 g/mol. The van der Waals surface area contributed by atoms with Gasteiger partial charge in [-0.2, -0.15) is 11.8 Å². The molecule has 1 saturated carbocycles. The van der Waals surface area contributed by atoms with Crippen molar-refractivity contribution in [1.82, 2.24) is 5.32 Å². The number of amides is 1. The monoisotopic (exact) mass is 443 g/mol. The van der Waals surface area contributed by atoms with E-state index in [0.29, 0.717) is 17.4 Å². The summed E-state index contributed by atoms with van der Waals surface area (Å²) in [6, 6.07) is 2.97. The van der Waals surface area contributed by atoms with E-state index in [4.69, 9.17) is 0 Å². The van der Waals surface area contributed by atoms with Gasteiger partial charge in [0.15, 0.2) is 0 Å². The second-order valence-electron chi connectivity index (χ2n) is 7.38. The first-order valence-corrected chi connectivity index (χ1v) is 12.6. The van der Waals surface area contributed by atoms with Gasteiger partial charge >= 0.3 is 0 Å². The predicted octanol–water partition coefficient (Wildman–Crippen LogP) is 3.24. The second kappa shape index (κ2) is 10.3. The van der Waals surface area contributed by atoms with E-state index in [-0.39, 0.29) is 11.4 Å². The number of nitro benzene ring substituents is 1. The zero-order valence-electron chi connectivity index (χ0n) is 17.1. The Morgan fingerprint density at radius 2 is 2.00 bits per heavy atom. The highest BCUT2D eigenvalue weighted by Gasteiger charge is 2.31. The van der Waals surface area contributed by atoms with Crippen LogP contribution in [0.3, 0.4) is 0 Å². The van der Waals surface area contributed by atoms with Crippen LogP contribution in [0.4, 0.5) is 11.4 Å². The number of anilines is 1. The number of hydrogen-bond acceptors (Lipinski definition) is 6. The molecular formula is C19H29N3O5S2. The van der Waals surface area contributed by atoms with Crippen molar-refractivity contribution in [2.45, 2.75) is 57.2 Å². The number of aryl methyl sites for hydroxylation is 1. The number of nitrogens with one attached hydrogen (secondary N) is 1. The minimum Gasteiger partial charge on any atom is -0.353 e. The number of carbonyl (C=O) groups excluding carboxylic acids is 1. The number of nitro groups is 1. The standard InChI is InChI=1S/C19H29N3O5S2/c1-14-9-10-16(22(24)25)13-18(14)21(29(3,26)27)15(2)19(23)20-11-12-28-17-7-5-4-6-8-17/h9-10,13,15,17H,4-8,11-12H2,1-3H3,(H,20,23)/t15-/m1/s1. The largest absolute Gasteiger partial charge is 0.353 e. The molecule has 2 rings (SSSR count). The molecule has 162 valence electrons. The quantitative estimate of drug-likeness (QED) is 0.356. The summed E-state index contributed by atoms with van der Waals surface area (Å²) in [5.74, 6) is 0.350. The summed E-state index contributed by atoms with van der Waals surface area (Å²) in [5.41, 5.74) is 0.449. The maximum absolute atomic E-state index is 12.6. The third-order valence-electron chi connectivity index (χ3n) is 5.04. The number of rotatable bonds is 9. The van der Waals surface area contributed by atoms with E-state index in [1.54, 1.807) is 6.92 Å². The van der Waals surface area contributed by atoms with E-state index in [1.807, 2.05) is 11.8 Å². The van der Waals surface area contributed by atoms with Gasteiger partial charge in [-0.15, -0.1) is 0 Å². The van der Waals surface area contributed by atoms with Crippen molar-refractivity contribution >= 4 is 39.1 Å². The van der Waals surface area contributed by atoms with Crippen LogP contribution in [0.25, 0.3) is 0 Å². The molecule has 0 saturated heterocycles. The zero-order chi connectivity index (χ0) is 21.6. The van der Waals surface area contributed by atoms with Gasteiger partial charge in [-0.25, -0.2) is 8.42 Å². The highest BCUT2D eigenvalue weighted by molar-refractivity contribution is 7.99. The SMILES string of the molecule is Cc1ccc([N+](=O)[O-])cc1N([C@H](C)C(=O)NCCSC1CCCCC1)S(C)(=O)=O. The molecule has 1 aromatic carbocycles. The molecule has 1 N–H and O–H groups in total. The summed E-state index contributed by atoms with van der Waals surface area (Å²) in [5, 5.41) is 14.5. The van der Waals surface area contributed by atoms with Gasteiger partial charge in [0.25, 0.3) is 5.69 Å². The van der Waals surface area contributed by atoms with Crippen LogP contribution >= 0.6 is 11.8 Å². The number of nitrogens with zero attached hydrogens (tertiary/aromatic N) is 2. The minimum atomic E-state index is -3.83. The van der Waals surface area contributed by atoms with Gasteiger partial charge in [0, 0.05) is 29.7 Å². The molecule has 0 heterocycles. The Bertz CT molecular complexity index is 838. The lowest BCUT2D eigenvalue weighted by atomic mass is 10.0. The van der Waals surface area contributed by atoms with Crippen LogP contribution in [-0.4, -0.2) is 49.1 Å². The van der Waals surface area contributed by atoms with Crippen LogP contribution in [0.1, 0.15) is 44.6 Å². The predicted molar refractivity (Wildman–Crippen MR) is 117 cm³/mol. The molecule has 1 aliphatic carbocycles. The van der Waals surface area contributed by atoms with Gasteiger partial charge in [0.1, 0.15) is 6.04 Å². The van der Waals surface area contributed by atoms with Crippen molar-refractivity contribution in [1.29, 1.82) is 0 Å². The summed E-state index contributed by atoms with van der Waals surface area (Å²) < 4.78 is 25.8. The van der Waals surface area contributed by atoms with Crippen molar-refractivity contribution < 1.29 is 18.1 Å². The van der Waals surface area contributed by atoms with E-state index in [0.717, 1.165) is 16.3 Å². The molecule has 0 aromatic heterocycles. The Kier molecular flexibility index (Phi) is 8.33. The summed E-state index contributed by atoms with van der Waals surface area (Å²) >= 11 is 1.85. The molecule has 1 atom stereocenters. The Morgan fingerprint density at radius 1 is 1.34 bits per heavy atom. The normalized spacial score (nSPS) is 16.2. The summed E-state index contributed by atoms with van der Waals surface area (Å²) in [6.07, 6.45) is 7.23. The smallest absolute Gasteiger partial charge is 0.271 e. The maximum atomic E-state index is 12.6. The lowest BCUT2D eigenvalue weighted by Gasteiger charge is -2.29. The molecule has 10 heteroatoms.